The van der Waals surface area contributed by atoms with Gasteiger partial charge in [0, 0.05) is 12.4 Å². The number of amides is 1. The highest BCUT2D eigenvalue weighted by Gasteiger charge is 2.16. The molecule has 0 bridgehead atoms. The summed E-state index contributed by atoms with van der Waals surface area (Å²) in [6, 6.07) is 12.6. The number of carbonyl (C=O) groups is 2. The second-order valence-corrected chi connectivity index (χ2v) is 6.19. The second kappa shape index (κ2) is 8.35. The fraction of sp³-hybridized carbons (Fsp3) is 0.250. The molecule has 1 unspecified atom stereocenters. The number of nitrogens with zero attached hydrogens (tertiary/aromatic N) is 2. The molecule has 0 aliphatic rings. The van der Waals surface area contributed by atoms with Crippen LogP contribution in [-0.4, -0.2) is 28.3 Å². The molecule has 7 heteroatoms. The van der Waals surface area contributed by atoms with E-state index in [4.69, 9.17) is 9.15 Å². The Morgan fingerprint density at radius 2 is 2.04 bits per heavy atom. The summed E-state index contributed by atoms with van der Waals surface area (Å²) in [7, 11) is 0. The minimum absolute atomic E-state index is 0.0527. The summed E-state index contributed by atoms with van der Waals surface area (Å²) in [5.74, 6) is -0.428. The van der Waals surface area contributed by atoms with E-state index < -0.39 is 5.97 Å². The summed E-state index contributed by atoms with van der Waals surface area (Å²) in [4.78, 5) is 24.1. The lowest BCUT2D eigenvalue weighted by Gasteiger charge is -2.16. The number of hydrogen-bond acceptors (Lipinski definition) is 5. The molecule has 3 aromatic rings. The van der Waals surface area contributed by atoms with E-state index in [1.54, 1.807) is 29.2 Å². The molecule has 7 nitrogen and oxygen atoms in total. The third-order valence-corrected chi connectivity index (χ3v) is 4.11. The first-order chi connectivity index (χ1) is 13.0. The van der Waals surface area contributed by atoms with E-state index in [9.17, 15) is 9.59 Å². The Morgan fingerprint density at radius 3 is 2.78 bits per heavy atom. The quantitative estimate of drug-likeness (QED) is 0.649. The number of esters is 1. The van der Waals surface area contributed by atoms with E-state index in [-0.39, 0.29) is 24.3 Å². The lowest BCUT2D eigenvalue weighted by atomic mass is 10.0. The molecule has 1 atom stereocenters. The number of hydrogen-bond donors (Lipinski definition) is 1. The maximum atomic E-state index is 12.1. The molecule has 0 saturated carbocycles. The summed E-state index contributed by atoms with van der Waals surface area (Å²) in [6.07, 6.45) is 3.45. The van der Waals surface area contributed by atoms with Crippen LogP contribution in [0.1, 0.15) is 40.4 Å². The van der Waals surface area contributed by atoms with Gasteiger partial charge in [0.05, 0.1) is 12.6 Å². The molecule has 0 saturated heterocycles. The van der Waals surface area contributed by atoms with E-state index >= 15 is 0 Å². The van der Waals surface area contributed by atoms with Crippen LogP contribution in [-0.2, 0) is 16.1 Å². The van der Waals surface area contributed by atoms with Crippen molar-refractivity contribution in [2.24, 2.45) is 0 Å². The third-order valence-electron chi connectivity index (χ3n) is 4.11. The van der Waals surface area contributed by atoms with Crippen LogP contribution in [0.4, 0.5) is 0 Å². The van der Waals surface area contributed by atoms with E-state index in [0.717, 1.165) is 11.1 Å². The molecule has 140 valence electrons. The number of carbonyl (C=O) groups excluding carboxylic acids is 2. The average molecular weight is 367 g/mol. The van der Waals surface area contributed by atoms with Crippen LogP contribution in [0.2, 0.25) is 0 Å². The van der Waals surface area contributed by atoms with Gasteiger partial charge in [-0.1, -0.05) is 24.3 Å². The summed E-state index contributed by atoms with van der Waals surface area (Å²) >= 11 is 0. The van der Waals surface area contributed by atoms with Crippen LogP contribution in [0.25, 0.3) is 0 Å². The monoisotopic (exact) mass is 367 g/mol. The van der Waals surface area contributed by atoms with Crippen molar-refractivity contribution in [1.29, 1.82) is 0 Å². The number of aromatic nitrogens is 2. The van der Waals surface area contributed by atoms with Crippen molar-refractivity contribution in [3.8, 4) is 0 Å². The van der Waals surface area contributed by atoms with Crippen molar-refractivity contribution in [2.45, 2.75) is 26.4 Å². The van der Waals surface area contributed by atoms with Crippen LogP contribution in [0.5, 0.6) is 0 Å². The van der Waals surface area contributed by atoms with Gasteiger partial charge >= 0.3 is 5.97 Å². The summed E-state index contributed by atoms with van der Waals surface area (Å²) < 4.78 is 12.2. The summed E-state index contributed by atoms with van der Waals surface area (Å²) in [6.45, 7) is 3.91. The molecule has 1 amide bonds. The normalized spacial score (nSPS) is 11.8. The van der Waals surface area contributed by atoms with Crippen LogP contribution in [0, 0.1) is 6.92 Å². The van der Waals surface area contributed by atoms with Gasteiger partial charge in [-0.15, -0.1) is 0 Å². The molecule has 1 aromatic carbocycles. The van der Waals surface area contributed by atoms with Crippen molar-refractivity contribution in [3.63, 3.8) is 0 Å². The Morgan fingerprint density at radius 1 is 1.22 bits per heavy atom. The molecular formula is C20H21N3O4. The van der Waals surface area contributed by atoms with Crippen molar-refractivity contribution < 1.29 is 18.7 Å². The van der Waals surface area contributed by atoms with Crippen molar-refractivity contribution in [1.82, 2.24) is 15.1 Å². The van der Waals surface area contributed by atoms with Gasteiger partial charge in [-0.05, 0) is 43.2 Å². The second-order valence-electron chi connectivity index (χ2n) is 6.19. The zero-order valence-corrected chi connectivity index (χ0v) is 15.2. The lowest BCUT2D eigenvalue weighted by Crippen LogP contribution is -2.31. The molecule has 27 heavy (non-hydrogen) atoms. The molecule has 0 fully saturated rings. The van der Waals surface area contributed by atoms with Gasteiger partial charge in [0.1, 0.15) is 5.76 Å². The van der Waals surface area contributed by atoms with E-state index in [2.05, 4.69) is 10.4 Å². The fourth-order valence-electron chi connectivity index (χ4n) is 2.76. The number of benzene rings is 1. The van der Waals surface area contributed by atoms with Gasteiger partial charge in [0.15, 0.2) is 6.61 Å². The first-order valence-corrected chi connectivity index (χ1v) is 8.61. The number of nitrogens with one attached hydrogen (secondary N) is 1. The minimum atomic E-state index is -0.680. The first kappa shape index (κ1) is 18.4. The van der Waals surface area contributed by atoms with Gasteiger partial charge in [0.25, 0.3) is 5.91 Å². The number of aryl methyl sites for hydroxylation is 1. The Labute approximate surface area is 156 Å². The van der Waals surface area contributed by atoms with Gasteiger partial charge in [-0.2, -0.15) is 5.10 Å². The first-order valence-electron chi connectivity index (χ1n) is 8.61. The van der Waals surface area contributed by atoms with E-state index in [0.29, 0.717) is 12.3 Å². The van der Waals surface area contributed by atoms with Crippen molar-refractivity contribution >= 4 is 11.9 Å². The molecule has 3 rings (SSSR count). The van der Waals surface area contributed by atoms with Gasteiger partial charge in [-0.3, -0.25) is 9.48 Å². The minimum Gasteiger partial charge on any atom is -0.452 e. The van der Waals surface area contributed by atoms with Crippen LogP contribution >= 0.6 is 0 Å². The Kier molecular flexibility index (Phi) is 5.71. The highest BCUT2D eigenvalue weighted by atomic mass is 16.5. The zero-order valence-electron chi connectivity index (χ0n) is 15.2. The topological polar surface area (TPSA) is 86.4 Å². The van der Waals surface area contributed by atoms with Gasteiger partial charge < -0.3 is 14.5 Å². The SMILES string of the molecule is Cc1ccccc1C(C)NC(=O)COC(=O)c1ccc(Cn2cccn2)o1. The molecule has 0 spiro atoms. The molecule has 2 aromatic heterocycles. The maximum absolute atomic E-state index is 12.1. The smallest absolute Gasteiger partial charge is 0.374 e. The molecule has 0 aliphatic heterocycles. The van der Waals surface area contributed by atoms with Crippen LogP contribution in [0.15, 0.2) is 59.3 Å². The van der Waals surface area contributed by atoms with Crippen molar-refractivity contribution in [3.05, 3.63) is 77.5 Å². The number of furan rings is 1. The molecule has 2 heterocycles. The van der Waals surface area contributed by atoms with E-state index in [1.807, 2.05) is 38.1 Å². The molecule has 1 N–H and O–H groups in total. The highest BCUT2D eigenvalue weighted by Crippen LogP contribution is 2.16. The Balaban J connectivity index is 1.49. The predicted molar refractivity (Wildman–Crippen MR) is 98.1 cm³/mol. The standard InChI is InChI=1S/C20H21N3O4/c1-14-6-3-4-7-17(14)15(2)22-19(24)13-26-20(25)18-9-8-16(27-18)12-23-11-5-10-21-23/h3-11,15H,12-13H2,1-2H3,(H,22,24). The van der Waals surface area contributed by atoms with Gasteiger partial charge in [0.2, 0.25) is 5.76 Å². The van der Waals surface area contributed by atoms with Crippen LogP contribution < -0.4 is 5.32 Å². The number of ether oxygens (including phenoxy) is 1. The van der Waals surface area contributed by atoms with Gasteiger partial charge in [-0.25, -0.2) is 4.79 Å². The zero-order chi connectivity index (χ0) is 19.2. The average Bonchev–Trinajstić information content (AvgIpc) is 3.32. The Hall–Kier alpha value is -3.35. The number of rotatable bonds is 7. The van der Waals surface area contributed by atoms with Crippen LogP contribution in [0.3, 0.4) is 0 Å². The molecular weight excluding hydrogens is 346 g/mol. The van der Waals surface area contributed by atoms with E-state index in [1.165, 1.54) is 6.07 Å². The highest BCUT2D eigenvalue weighted by molar-refractivity contribution is 5.88. The largest absolute Gasteiger partial charge is 0.452 e. The molecule has 0 radical (unpaired) electrons. The molecule has 0 aliphatic carbocycles. The summed E-state index contributed by atoms with van der Waals surface area (Å²) in [5, 5.41) is 6.89. The fourth-order valence-corrected chi connectivity index (χ4v) is 2.76. The summed E-state index contributed by atoms with van der Waals surface area (Å²) in [5.41, 5.74) is 2.11. The Bertz CT molecular complexity index is 915. The lowest BCUT2D eigenvalue weighted by molar-refractivity contribution is -0.124. The third kappa shape index (κ3) is 4.84. The predicted octanol–water partition coefficient (Wildman–Crippen LogP) is 2.87. The van der Waals surface area contributed by atoms with Crippen molar-refractivity contribution in [2.75, 3.05) is 6.61 Å². The maximum Gasteiger partial charge on any atom is 0.374 e.